The normalized spacial score (nSPS) is 9.60. The molecule has 0 amide bonds. The molecule has 72 valence electrons. The SMILES string of the molecule is Cc1ccc(-c2cncc(C#N)c2)cn1. The summed E-state index contributed by atoms with van der Waals surface area (Å²) in [5.41, 5.74) is 3.43. The molecule has 0 N–H and O–H groups in total. The molecule has 0 unspecified atom stereocenters. The third-order valence-corrected chi connectivity index (χ3v) is 2.11. The molecule has 3 heteroatoms. The molecule has 15 heavy (non-hydrogen) atoms. The molecular weight excluding hydrogens is 186 g/mol. The molecule has 0 saturated heterocycles. The Balaban J connectivity index is 2.46. The van der Waals surface area contributed by atoms with E-state index in [-0.39, 0.29) is 0 Å². The molecular formula is C12H9N3. The first-order chi connectivity index (χ1) is 7.29. The summed E-state index contributed by atoms with van der Waals surface area (Å²) >= 11 is 0. The van der Waals surface area contributed by atoms with Crippen LogP contribution in [0.4, 0.5) is 0 Å². The lowest BCUT2D eigenvalue weighted by Crippen LogP contribution is -1.85. The van der Waals surface area contributed by atoms with Gasteiger partial charge in [-0.3, -0.25) is 9.97 Å². The van der Waals surface area contributed by atoms with Crippen molar-refractivity contribution in [1.82, 2.24) is 9.97 Å². The molecule has 2 rings (SSSR count). The van der Waals surface area contributed by atoms with E-state index in [0.717, 1.165) is 16.8 Å². The Morgan fingerprint density at radius 2 is 2.00 bits per heavy atom. The zero-order chi connectivity index (χ0) is 10.7. The van der Waals surface area contributed by atoms with Crippen LogP contribution in [0, 0.1) is 18.3 Å². The van der Waals surface area contributed by atoms with E-state index in [1.807, 2.05) is 19.1 Å². The van der Waals surface area contributed by atoms with E-state index in [9.17, 15) is 0 Å². The number of rotatable bonds is 1. The highest BCUT2D eigenvalue weighted by Crippen LogP contribution is 2.18. The first kappa shape index (κ1) is 9.35. The van der Waals surface area contributed by atoms with Crippen molar-refractivity contribution in [3.05, 3.63) is 48.0 Å². The average Bonchev–Trinajstić information content (AvgIpc) is 2.30. The molecule has 2 aromatic rings. The van der Waals surface area contributed by atoms with Gasteiger partial charge in [-0.15, -0.1) is 0 Å². The highest BCUT2D eigenvalue weighted by molar-refractivity contribution is 5.62. The summed E-state index contributed by atoms with van der Waals surface area (Å²) in [6.07, 6.45) is 5.06. The van der Waals surface area contributed by atoms with Gasteiger partial charge in [0.1, 0.15) is 6.07 Å². The number of nitrogens with zero attached hydrogens (tertiary/aromatic N) is 3. The van der Waals surface area contributed by atoms with Crippen molar-refractivity contribution in [3.63, 3.8) is 0 Å². The van der Waals surface area contributed by atoms with Gasteiger partial charge in [0.15, 0.2) is 0 Å². The van der Waals surface area contributed by atoms with Crippen LogP contribution in [0.3, 0.4) is 0 Å². The maximum atomic E-state index is 8.75. The lowest BCUT2D eigenvalue weighted by atomic mass is 10.1. The topological polar surface area (TPSA) is 49.6 Å². The van der Waals surface area contributed by atoms with Crippen molar-refractivity contribution < 1.29 is 0 Å². The van der Waals surface area contributed by atoms with Crippen molar-refractivity contribution in [2.75, 3.05) is 0 Å². The van der Waals surface area contributed by atoms with Crippen LogP contribution in [0.2, 0.25) is 0 Å². The quantitative estimate of drug-likeness (QED) is 0.701. The fourth-order valence-corrected chi connectivity index (χ4v) is 1.30. The Morgan fingerprint density at radius 1 is 1.13 bits per heavy atom. The number of pyridine rings is 2. The monoisotopic (exact) mass is 195 g/mol. The van der Waals surface area contributed by atoms with Gasteiger partial charge in [-0.05, 0) is 19.1 Å². The van der Waals surface area contributed by atoms with E-state index < -0.39 is 0 Å². The summed E-state index contributed by atoms with van der Waals surface area (Å²) in [6.45, 7) is 1.94. The maximum absolute atomic E-state index is 8.75. The van der Waals surface area contributed by atoms with Gasteiger partial charge in [-0.2, -0.15) is 5.26 Å². The second-order valence-electron chi connectivity index (χ2n) is 3.26. The smallest absolute Gasteiger partial charge is 0.101 e. The highest BCUT2D eigenvalue weighted by Gasteiger charge is 1.99. The van der Waals surface area contributed by atoms with Gasteiger partial charge < -0.3 is 0 Å². The van der Waals surface area contributed by atoms with E-state index in [2.05, 4.69) is 16.0 Å². The molecule has 0 bridgehead atoms. The zero-order valence-electron chi connectivity index (χ0n) is 8.31. The summed E-state index contributed by atoms with van der Waals surface area (Å²) in [7, 11) is 0. The number of hydrogen-bond donors (Lipinski definition) is 0. The third kappa shape index (κ3) is 2.00. The van der Waals surface area contributed by atoms with Crippen LogP contribution in [-0.2, 0) is 0 Å². The molecule has 0 fully saturated rings. The van der Waals surface area contributed by atoms with Gasteiger partial charge in [0.25, 0.3) is 0 Å². The van der Waals surface area contributed by atoms with E-state index in [1.165, 1.54) is 0 Å². The van der Waals surface area contributed by atoms with Crippen LogP contribution in [0.25, 0.3) is 11.1 Å². The van der Waals surface area contributed by atoms with Crippen LogP contribution in [0.15, 0.2) is 36.8 Å². The first-order valence-corrected chi connectivity index (χ1v) is 4.58. The molecule has 0 spiro atoms. The van der Waals surface area contributed by atoms with Crippen LogP contribution < -0.4 is 0 Å². The predicted octanol–water partition coefficient (Wildman–Crippen LogP) is 2.32. The van der Waals surface area contributed by atoms with Crippen LogP contribution >= 0.6 is 0 Å². The summed E-state index contributed by atoms with van der Waals surface area (Å²) in [6, 6.07) is 7.78. The zero-order valence-corrected chi connectivity index (χ0v) is 8.31. The molecule has 0 aromatic carbocycles. The van der Waals surface area contributed by atoms with Crippen molar-refractivity contribution >= 4 is 0 Å². The summed E-state index contributed by atoms with van der Waals surface area (Å²) in [4.78, 5) is 8.20. The van der Waals surface area contributed by atoms with Crippen LogP contribution in [0.5, 0.6) is 0 Å². The van der Waals surface area contributed by atoms with Gasteiger partial charge >= 0.3 is 0 Å². The molecule has 2 heterocycles. The van der Waals surface area contributed by atoms with Gasteiger partial charge in [0, 0.05) is 35.4 Å². The fraction of sp³-hybridized carbons (Fsp3) is 0.0833. The lowest BCUT2D eigenvalue weighted by molar-refractivity contribution is 1.20. The van der Waals surface area contributed by atoms with Crippen LogP contribution in [-0.4, -0.2) is 9.97 Å². The minimum Gasteiger partial charge on any atom is -0.263 e. The fourth-order valence-electron chi connectivity index (χ4n) is 1.30. The number of hydrogen-bond acceptors (Lipinski definition) is 3. The number of nitriles is 1. The van der Waals surface area contributed by atoms with Crippen LogP contribution in [0.1, 0.15) is 11.3 Å². The minimum atomic E-state index is 0.563. The molecule has 0 saturated carbocycles. The maximum Gasteiger partial charge on any atom is 0.101 e. The summed E-state index contributed by atoms with van der Waals surface area (Å²) in [5, 5.41) is 8.75. The summed E-state index contributed by atoms with van der Waals surface area (Å²) < 4.78 is 0. The second kappa shape index (κ2) is 3.89. The third-order valence-electron chi connectivity index (χ3n) is 2.11. The lowest BCUT2D eigenvalue weighted by Gasteiger charge is -2.00. The molecule has 0 aliphatic heterocycles. The van der Waals surface area contributed by atoms with E-state index in [4.69, 9.17) is 5.26 Å². The van der Waals surface area contributed by atoms with Crippen molar-refractivity contribution in [2.24, 2.45) is 0 Å². The Kier molecular flexibility index (Phi) is 2.42. The van der Waals surface area contributed by atoms with Gasteiger partial charge in [-0.1, -0.05) is 6.07 Å². The summed E-state index contributed by atoms with van der Waals surface area (Å²) in [5.74, 6) is 0. The Labute approximate surface area is 88.1 Å². The Bertz CT molecular complexity index is 509. The first-order valence-electron chi connectivity index (χ1n) is 4.58. The molecule has 0 aliphatic rings. The molecule has 0 aliphatic carbocycles. The van der Waals surface area contributed by atoms with E-state index in [0.29, 0.717) is 5.56 Å². The predicted molar refractivity (Wildman–Crippen MR) is 56.9 cm³/mol. The largest absolute Gasteiger partial charge is 0.263 e. The van der Waals surface area contributed by atoms with E-state index >= 15 is 0 Å². The van der Waals surface area contributed by atoms with Crippen molar-refractivity contribution in [1.29, 1.82) is 5.26 Å². The number of aromatic nitrogens is 2. The van der Waals surface area contributed by atoms with Crippen molar-refractivity contribution in [3.8, 4) is 17.2 Å². The van der Waals surface area contributed by atoms with Gasteiger partial charge in [-0.25, -0.2) is 0 Å². The number of aryl methyl sites for hydroxylation is 1. The van der Waals surface area contributed by atoms with Crippen molar-refractivity contribution in [2.45, 2.75) is 6.92 Å². The standard InChI is InChI=1S/C12H9N3/c1-9-2-3-11(8-15-9)12-4-10(5-13)6-14-7-12/h2-4,6-8H,1H3. The Morgan fingerprint density at radius 3 is 2.67 bits per heavy atom. The van der Waals surface area contributed by atoms with Gasteiger partial charge in [0.05, 0.1) is 5.56 Å². The second-order valence-corrected chi connectivity index (χ2v) is 3.26. The average molecular weight is 195 g/mol. The molecule has 0 radical (unpaired) electrons. The molecule has 2 aromatic heterocycles. The van der Waals surface area contributed by atoms with Gasteiger partial charge in [0.2, 0.25) is 0 Å². The minimum absolute atomic E-state index is 0.563. The Hall–Kier alpha value is -2.21. The molecule has 0 atom stereocenters. The molecule has 3 nitrogen and oxygen atoms in total. The highest BCUT2D eigenvalue weighted by atomic mass is 14.7. The van der Waals surface area contributed by atoms with E-state index in [1.54, 1.807) is 24.7 Å².